The maximum atomic E-state index is 10.1. The van der Waals surface area contributed by atoms with Crippen molar-refractivity contribution in [3.05, 3.63) is 30.3 Å². The molecule has 1 saturated carbocycles. The third-order valence-corrected chi connectivity index (χ3v) is 4.25. The van der Waals surface area contributed by atoms with Gasteiger partial charge in [0.2, 0.25) is 0 Å². The molecule has 1 aliphatic rings. The highest BCUT2D eigenvalue weighted by atomic mass is 16.5. The van der Waals surface area contributed by atoms with Crippen molar-refractivity contribution in [2.75, 3.05) is 6.61 Å². The zero-order valence-corrected chi connectivity index (χ0v) is 11.9. The van der Waals surface area contributed by atoms with Crippen LogP contribution in [0.1, 0.15) is 45.4 Å². The molecule has 19 heavy (non-hydrogen) atoms. The van der Waals surface area contributed by atoms with Gasteiger partial charge in [-0.05, 0) is 49.7 Å². The molecule has 3 atom stereocenters. The van der Waals surface area contributed by atoms with Crippen molar-refractivity contribution in [3.63, 3.8) is 0 Å². The summed E-state index contributed by atoms with van der Waals surface area (Å²) < 4.78 is 5.74. The Hall–Kier alpha value is -1.02. The van der Waals surface area contributed by atoms with Crippen LogP contribution in [0.3, 0.4) is 0 Å². The Balaban J connectivity index is 1.74. The third-order valence-electron chi connectivity index (χ3n) is 4.25. The lowest BCUT2D eigenvalue weighted by atomic mass is 9.76. The van der Waals surface area contributed by atoms with E-state index in [0.29, 0.717) is 12.5 Å². The summed E-state index contributed by atoms with van der Waals surface area (Å²) >= 11 is 0. The second-order valence-corrected chi connectivity index (χ2v) is 5.75. The van der Waals surface area contributed by atoms with Gasteiger partial charge >= 0.3 is 0 Å². The van der Waals surface area contributed by atoms with E-state index < -0.39 is 0 Å². The molecule has 0 amide bonds. The summed E-state index contributed by atoms with van der Waals surface area (Å²) in [7, 11) is 0. The van der Waals surface area contributed by atoms with Crippen molar-refractivity contribution < 1.29 is 9.84 Å². The molecule has 1 aromatic rings. The van der Waals surface area contributed by atoms with Crippen molar-refractivity contribution >= 4 is 0 Å². The second-order valence-electron chi connectivity index (χ2n) is 5.75. The van der Waals surface area contributed by atoms with Crippen LogP contribution in [0.2, 0.25) is 0 Å². The molecular weight excluding hydrogens is 236 g/mol. The molecule has 2 heteroatoms. The molecule has 0 aliphatic heterocycles. The smallest absolute Gasteiger partial charge is 0.119 e. The Bertz CT molecular complexity index is 350. The maximum Gasteiger partial charge on any atom is 0.119 e. The van der Waals surface area contributed by atoms with Crippen molar-refractivity contribution in [1.82, 2.24) is 0 Å². The molecule has 3 unspecified atom stereocenters. The Labute approximate surface area is 116 Å². The van der Waals surface area contributed by atoms with Crippen molar-refractivity contribution in [2.45, 2.75) is 51.6 Å². The first-order valence-corrected chi connectivity index (χ1v) is 7.65. The number of rotatable bonds is 6. The van der Waals surface area contributed by atoms with Gasteiger partial charge in [-0.2, -0.15) is 0 Å². The summed E-state index contributed by atoms with van der Waals surface area (Å²) in [4.78, 5) is 0. The second kappa shape index (κ2) is 7.54. The Morgan fingerprint density at radius 2 is 1.95 bits per heavy atom. The molecule has 106 valence electrons. The van der Waals surface area contributed by atoms with Crippen molar-refractivity contribution in [2.24, 2.45) is 11.8 Å². The average Bonchev–Trinajstić information content (AvgIpc) is 2.44. The van der Waals surface area contributed by atoms with Gasteiger partial charge in [-0.1, -0.05) is 38.0 Å². The molecule has 0 radical (unpaired) electrons. The van der Waals surface area contributed by atoms with E-state index in [2.05, 4.69) is 6.92 Å². The van der Waals surface area contributed by atoms with E-state index in [9.17, 15) is 5.11 Å². The minimum atomic E-state index is -0.118. The van der Waals surface area contributed by atoms with Crippen LogP contribution in [0, 0.1) is 11.8 Å². The largest absolute Gasteiger partial charge is 0.494 e. The number of hydrogen-bond acceptors (Lipinski definition) is 2. The number of aliphatic hydroxyl groups is 1. The third kappa shape index (κ3) is 4.54. The fourth-order valence-corrected chi connectivity index (χ4v) is 3.17. The van der Waals surface area contributed by atoms with E-state index in [4.69, 9.17) is 4.74 Å². The first kappa shape index (κ1) is 14.4. The van der Waals surface area contributed by atoms with E-state index in [1.807, 2.05) is 30.3 Å². The highest BCUT2D eigenvalue weighted by Crippen LogP contribution is 2.34. The summed E-state index contributed by atoms with van der Waals surface area (Å²) in [5.74, 6) is 2.17. The van der Waals surface area contributed by atoms with Crippen LogP contribution in [-0.4, -0.2) is 17.8 Å². The zero-order valence-electron chi connectivity index (χ0n) is 11.9. The van der Waals surface area contributed by atoms with Crippen LogP contribution in [0.5, 0.6) is 5.75 Å². The van der Waals surface area contributed by atoms with E-state index in [0.717, 1.165) is 24.5 Å². The molecule has 1 N–H and O–H groups in total. The summed E-state index contributed by atoms with van der Waals surface area (Å²) in [5, 5.41) is 10.1. The van der Waals surface area contributed by atoms with Crippen molar-refractivity contribution in [1.29, 1.82) is 0 Å². The first-order chi connectivity index (χ1) is 9.29. The standard InChI is InChI=1S/C17H26O2/c1-2-6-14-9-10-17(18)15(13-14)11-12-19-16-7-4-3-5-8-16/h3-5,7-8,14-15,17-18H,2,6,9-13H2,1H3. The van der Waals surface area contributed by atoms with Crippen LogP contribution in [0.25, 0.3) is 0 Å². The number of benzene rings is 1. The molecule has 2 rings (SSSR count). The van der Waals surface area contributed by atoms with Gasteiger partial charge in [0.1, 0.15) is 5.75 Å². The monoisotopic (exact) mass is 262 g/mol. The highest BCUT2D eigenvalue weighted by molar-refractivity contribution is 5.20. The van der Waals surface area contributed by atoms with Gasteiger partial charge in [-0.25, -0.2) is 0 Å². The lowest BCUT2D eigenvalue weighted by Crippen LogP contribution is -2.30. The summed E-state index contributed by atoms with van der Waals surface area (Å²) in [6.07, 6.45) is 6.76. The number of ether oxygens (including phenoxy) is 1. The Morgan fingerprint density at radius 1 is 1.16 bits per heavy atom. The predicted molar refractivity (Wildman–Crippen MR) is 78.3 cm³/mol. The molecule has 0 aromatic heterocycles. The number of aliphatic hydroxyl groups excluding tert-OH is 1. The van der Waals surface area contributed by atoms with Crippen LogP contribution >= 0.6 is 0 Å². The highest BCUT2D eigenvalue weighted by Gasteiger charge is 2.28. The SMILES string of the molecule is CCCC1CCC(O)C(CCOc2ccccc2)C1. The number of hydrogen-bond donors (Lipinski definition) is 1. The average molecular weight is 262 g/mol. The quantitative estimate of drug-likeness (QED) is 0.838. The van der Waals surface area contributed by atoms with E-state index >= 15 is 0 Å². The lowest BCUT2D eigenvalue weighted by Gasteiger charge is -2.33. The zero-order chi connectivity index (χ0) is 13.5. The van der Waals surface area contributed by atoms with Gasteiger partial charge in [0.25, 0.3) is 0 Å². The van der Waals surface area contributed by atoms with E-state index in [1.165, 1.54) is 25.7 Å². The summed E-state index contributed by atoms with van der Waals surface area (Å²) in [5.41, 5.74) is 0. The predicted octanol–water partition coefficient (Wildman–Crippen LogP) is 4.03. The minimum absolute atomic E-state index is 0.118. The van der Waals surface area contributed by atoms with Gasteiger partial charge in [-0.3, -0.25) is 0 Å². The molecule has 1 fully saturated rings. The first-order valence-electron chi connectivity index (χ1n) is 7.65. The van der Waals surface area contributed by atoms with Gasteiger partial charge in [-0.15, -0.1) is 0 Å². The van der Waals surface area contributed by atoms with Gasteiger partial charge in [0, 0.05) is 0 Å². The van der Waals surface area contributed by atoms with Gasteiger partial charge in [0.15, 0.2) is 0 Å². The maximum absolute atomic E-state index is 10.1. The van der Waals surface area contributed by atoms with Crippen LogP contribution in [0.4, 0.5) is 0 Å². The lowest BCUT2D eigenvalue weighted by molar-refractivity contribution is 0.0350. The van der Waals surface area contributed by atoms with Crippen LogP contribution in [-0.2, 0) is 0 Å². The molecule has 0 saturated heterocycles. The molecule has 0 bridgehead atoms. The molecule has 0 heterocycles. The summed E-state index contributed by atoms with van der Waals surface area (Å²) in [6.45, 7) is 2.96. The van der Waals surface area contributed by atoms with Gasteiger partial charge < -0.3 is 9.84 Å². The van der Waals surface area contributed by atoms with Gasteiger partial charge in [0.05, 0.1) is 12.7 Å². The molecule has 2 nitrogen and oxygen atoms in total. The molecule has 1 aromatic carbocycles. The Kier molecular flexibility index (Phi) is 5.71. The number of para-hydroxylation sites is 1. The van der Waals surface area contributed by atoms with Crippen LogP contribution < -0.4 is 4.74 Å². The minimum Gasteiger partial charge on any atom is -0.494 e. The fraction of sp³-hybridized carbons (Fsp3) is 0.647. The molecule has 0 spiro atoms. The van der Waals surface area contributed by atoms with E-state index in [-0.39, 0.29) is 6.10 Å². The molecular formula is C17H26O2. The normalized spacial score (nSPS) is 27.2. The van der Waals surface area contributed by atoms with Crippen LogP contribution in [0.15, 0.2) is 30.3 Å². The summed E-state index contributed by atoms with van der Waals surface area (Å²) in [6, 6.07) is 9.94. The topological polar surface area (TPSA) is 29.5 Å². The molecule has 1 aliphatic carbocycles. The Morgan fingerprint density at radius 3 is 2.68 bits per heavy atom. The fourth-order valence-electron chi connectivity index (χ4n) is 3.17. The van der Waals surface area contributed by atoms with Crippen molar-refractivity contribution in [3.8, 4) is 5.75 Å². The van der Waals surface area contributed by atoms with E-state index in [1.54, 1.807) is 0 Å².